The van der Waals surface area contributed by atoms with Crippen LogP contribution in [0.4, 0.5) is 4.79 Å². The maximum atomic E-state index is 11.0. The van der Waals surface area contributed by atoms with Crippen molar-refractivity contribution in [2.24, 2.45) is 0 Å². The van der Waals surface area contributed by atoms with Crippen molar-refractivity contribution < 1.29 is 24.2 Å². The Morgan fingerprint density at radius 3 is 1.39 bits per heavy atom. The van der Waals surface area contributed by atoms with Crippen molar-refractivity contribution in [3.8, 4) is 0 Å². The van der Waals surface area contributed by atoms with Crippen LogP contribution in [0.1, 0.15) is 61.3 Å². The van der Waals surface area contributed by atoms with Crippen LogP contribution in [0.2, 0.25) is 0 Å². The lowest BCUT2D eigenvalue weighted by Gasteiger charge is -2.24. The van der Waals surface area contributed by atoms with Crippen molar-refractivity contribution in [3.05, 3.63) is 0 Å². The Hall–Kier alpha value is -1.26. The van der Waals surface area contributed by atoms with Crippen LogP contribution in [-0.2, 0) is 14.3 Å². The minimum atomic E-state index is -0.711. The molecule has 0 aliphatic carbocycles. The van der Waals surface area contributed by atoms with Gasteiger partial charge in [-0.2, -0.15) is 0 Å². The molecular weight excluding hydrogens is 236 g/mol. The van der Waals surface area contributed by atoms with Gasteiger partial charge in [0.15, 0.2) is 0 Å². The highest BCUT2D eigenvalue weighted by Crippen LogP contribution is 2.13. The summed E-state index contributed by atoms with van der Waals surface area (Å²) in [4.78, 5) is 20.6. The third kappa shape index (κ3) is 20.2. The quantitative estimate of drug-likeness (QED) is 0.769. The van der Waals surface area contributed by atoms with E-state index in [9.17, 15) is 9.59 Å². The lowest BCUT2D eigenvalue weighted by molar-refractivity contribution is -0.137. The Morgan fingerprint density at radius 2 is 1.28 bits per heavy atom. The smallest absolute Gasteiger partial charge is 0.481 e. The van der Waals surface area contributed by atoms with Crippen LogP contribution in [-0.4, -0.2) is 28.4 Å². The fourth-order valence-electron chi connectivity index (χ4n) is 0.735. The molecule has 0 heterocycles. The molecule has 5 heteroatoms. The highest BCUT2D eigenvalue weighted by atomic mass is 16.7. The summed E-state index contributed by atoms with van der Waals surface area (Å²) >= 11 is 0. The Kier molecular flexibility index (Phi) is 8.43. The number of rotatable bonds is 2. The van der Waals surface area contributed by atoms with Gasteiger partial charge in [-0.3, -0.25) is 4.79 Å². The number of aliphatic carboxylic acids is 1. The summed E-state index contributed by atoms with van der Waals surface area (Å²) in [5, 5.41) is 7.91. The van der Waals surface area contributed by atoms with Crippen LogP contribution in [0, 0.1) is 0 Å². The molecule has 0 saturated heterocycles. The van der Waals surface area contributed by atoms with Gasteiger partial charge in [-0.1, -0.05) is 6.92 Å². The van der Waals surface area contributed by atoms with E-state index in [4.69, 9.17) is 14.6 Å². The lowest BCUT2D eigenvalue weighted by Crippen LogP contribution is -2.30. The van der Waals surface area contributed by atoms with Gasteiger partial charge in [0.1, 0.15) is 11.2 Å². The Bertz CT molecular complexity index is 240. The summed E-state index contributed by atoms with van der Waals surface area (Å²) in [6, 6.07) is 0. The molecule has 0 radical (unpaired) electrons. The predicted molar refractivity (Wildman–Crippen MR) is 69.6 cm³/mol. The molecule has 0 fully saturated rings. The molecule has 0 amide bonds. The van der Waals surface area contributed by atoms with E-state index in [1.807, 2.05) is 6.92 Å². The molecule has 0 aliphatic rings. The molecule has 0 rings (SSSR count). The molecule has 0 atom stereocenters. The van der Waals surface area contributed by atoms with Gasteiger partial charge in [-0.15, -0.1) is 0 Å². The third-order valence-corrected chi connectivity index (χ3v) is 1.24. The second kappa shape index (κ2) is 7.95. The molecule has 0 aliphatic heterocycles. The van der Waals surface area contributed by atoms with Gasteiger partial charge in [0.2, 0.25) is 0 Å². The minimum Gasteiger partial charge on any atom is -0.481 e. The highest BCUT2D eigenvalue weighted by Gasteiger charge is 2.22. The van der Waals surface area contributed by atoms with E-state index >= 15 is 0 Å². The first kappa shape index (κ1) is 19.1. The number of hydrogen-bond donors (Lipinski definition) is 1. The third-order valence-electron chi connectivity index (χ3n) is 1.24. The fraction of sp³-hybridized carbons (Fsp3) is 0.846. The number of ether oxygens (including phenoxy) is 2. The maximum absolute atomic E-state index is 11.0. The molecule has 1 N–H and O–H groups in total. The number of hydrogen-bond acceptors (Lipinski definition) is 4. The van der Waals surface area contributed by atoms with Crippen LogP contribution < -0.4 is 0 Å². The first-order chi connectivity index (χ1) is 7.87. The molecule has 0 bridgehead atoms. The molecule has 0 unspecified atom stereocenters. The van der Waals surface area contributed by atoms with Gasteiger partial charge < -0.3 is 14.6 Å². The van der Waals surface area contributed by atoms with E-state index in [1.54, 1.807) is 41.5 Å². The first-order valence-corrected chi connectivity index (χ1v) is 6.01. The summed E-state index contributed by atoms with van der Waals surface area (Å²) in [6.45, 7) is 12.7. The molecule has 0 saturated carbocycles. The van der Waals surface area contributed by atoms with Crippen LogP contribution in [0.15, 0.2) is 0 Å². The highest BCUT2D eigenvalue weighted by molar-refractivity contribution is 5.66. The van der Waals surface area contributed by atoms with Gasteiger partial charge in [-0.05, 0) is 48.0 Å². The van der Waals surface area contributed by atoms with Crippen LogP contribution in [0.3, 0.4) is 0 Å². The summed E-state index contributed by atoms with van der Waals surface area (Å²) in [5.74, 6) is -0.711. The number of carbonyl (C=O) groups is 2. The van der Waals surface area contributed by atoms with Crippen LogP contribution >= 0.6 is 0 Å². The maximum Gasteiger partial charge on any atom is 0.509 e. The van der Waals surface area contributed by atoms with Crippen molar-refractivity contribution in [1.29, 1.82) is 0 Å². The minimum absolute atomic E-state index is 0.292. The first-order valence-electron chi connectivity index (χ1n) is 6.01. The summed E-state index contributed by atoms with van der Waals surface area (Å²) < 4.78 is 9.91. The second-order valence-electron chi connectivity index (χ2n) is 5.82. The van der Waals surface area contributed by atoms with E-state index in [-0.39, 0.29) is 0 Å². The van der Waals surface area contributed by atoms with E-state index in [0.717, 1.165) is 6.42 Å². The zero-order valence-electron chi connectivity index (χ0n) is 12.5. The predicted octanol–water partition coefficient (Wildman–Crippen LogP) is 3.61. The summed E-state index contributed by atoms with van der Waals surface area (Å²) in [7, 11) is 0. The number of carboxylic acid groups (broad SMARTS) is 1. The normalized spacial score (nSPS) is 11.1. The number of carboxylic acids is 1. The molecule has 5 nitrogen and oxygen atoms in total. The largest absolute Gasteiger partial charge is 0.509 e. The summed E-state index contributed by atoms with van der Waals surface area (Å²) in [6.07, 6.45) is 0.407. The van der Waals surface area contributed by atoms with E-state index in [2.05, 4.69) is 0 Å². The molecule has 108 valence electrons. The van der Waals surface area contributed by atoms with Crippen molar-refractivity contribution in [2.45, 2.75) is 72.5 Å². The topological polar surface area (TPSA) is 72.8 Å². The second-order valence-corrected chi connectivity index (χ2v) is 5.82. The monoisotopic (exact) mass is 262 g/mol. The molecular formula is C13H26O5. The average molecular weight is 262 g/mol. The Balaban J connectivity index is 0. The fourth-order valence-corrected chi connectivity index (χ4v) is 0.735. The number of carbonyl (C=O) groups excluding carboxylic acids is 1. The standard InChI is InChI=1S/C9H18O3.C4H8O2/c1-8(2,3)11-7(10)12-9(4,5)6;1-2-3-4(5)6/h1-6H3;2-3H2,1H3,(H,5,6). The van der Waals surface area contributed by atoms with Crippen LogP contribution in [0.25, 0.3) is 0 Å². The molecule has 0 aromatic carbocycles. The van der Waals surface area contributed by atoms with Gasteiger partial charge in [-0.25, -0.2) is 4.79 Å². The summed E-state index contributed by atoms with van der Waals surface area (Å²) in [5.41, 5.74) is -0.968. The van der Waals surface area contributed by atoms with E-state index in [0.29, 0.717) is 6.42 Å². The SMILES string of the molecule is CC(C)(C)OC(=O)OC(C)(C)C.CCCC(=O)O. The van der Waals surface area contributed by atoms with Gasteiger partial charge in [0, 0.05) is 6.42 Å². The lowest BCUT2D eigenvalue weighted by atomic mass is 10.2. The van der Waals surface area contributed by atoms with Crippen molar-refractivity contribution >= 4 is 12.1 Å². The van der Waals surface area contributed by atoms with Crippen LogP contribution in [0.5, 0.6) is 0 Å². The van der Waals surface area contributed by atoms with Crippen molar-refractivity contribution in [1.82, 2.24) is 0 Å². The van der Waals surface area contributed by atoms with E-state index < -0.39 is 23.3 Å². The zero-order valence-corrected chi connectivity index (χ0v) is 12.5. The molecule has 0 aromatic heterocycles. The van der Waals surface area contributed by atoms with E-state index in [1.165, 1.54) is 0 Å². The Labute approximate surface area is 109 Å². The molecule has 18 heavy (non-hydrogen) atoms. The van der Waals surface area contributed by atoms with Gasteiger partial charge in [0.05, 0.1) is 0 Å². The van der Waals surface area contributed by atoms with Crippen molar-refractivity contribution in [3.63, 3.8) is 0 Å². The molecule has 0 aromatic rings. The van der Waals surface area contributed by atoms with Gasteiger partial charge >= 0.3 is 12.1 Å². The van der Waals surface area contributed by atoms with Gasteiger partial charge in [0.25, 0.3) is 0 Å². The zero-order chi connectivity index (χ0) is 15.0. The molecule has 0 spiro atoms. The Morgan fingerprint density at radius 1 is 0.944 bits per heavy atom. The average Bonchev–Trinajstić information content (AvgIpc) is 1.95. The van der Waals surface area contributed by atoms with Crippen molar-refractivity contribution in [2.75, 3.05) is 0 Å².